The van der Waals surface area contributed by atoms with Crippen molar-refractivity contribution in [1.82, 2.24) is 9.80 Å². The van der Waals surface area contributed by atoms with Crippen LogP contribution in [-0.4, -0.2) is 54.5 Å². The highest BCUT2D eigenvalue weighted by Crippen LogP contribution is 2.13. The van der Waals surface area contributed by atoms with Gasteiger partial charge in [-0.1, -0.05) is 12.1 Å². The van der Waals surface area contributed by atoms with E-state index < -0.39 is 0 Å². The normalized spacial score (nSPS) is 15.9. The molecule has 0 amide bonds. The first kappa shape index (κ1) is 14.9. The molecule has 1 aliphatic heterocycles. The molecule has 0 unspecified atom stereocenters. The van der Waals surface area contributed by atoms with E-state index >= 15 is 0 Å². The van der Waals surface area contributed by atoms with Crippen molar-refractivity contribution in [3.63, 3.8) is 0 Å². The Bertz CT molecular complexity index is 444. The monoisotopic (exact) mass is 277 g/mol. The molecule has 20 heavy (non-hydrogen) atoms. The van der Waals surface area contributed by atoms with E-state index in [9.17, 15) is 10.1 Å². The Morgan fingerprint density at radius 1 is 1.30 bits per heavy atom. The highest BCUT2D eigenvalue weighted by molar-refractivity contribution is 5.34. The minimum Gasteiger partial charge on any atom is -0.305 e. The SMILES string of the molecule is CN(CCc1cccc([N+](=O)[O-])c1)CCN1CCCC1. The molecule has 1 aromatic rings. The average Bonchev–Trinajstić information content (AvgIpc) is 2.96. The second-order valence-corrected chi connectivity index (χ2v) is 5.53. The number of rotatable bonds is 7. The Morgan fingerprint density at radius 3 is 2.75 bits per heavy atom. The molecule has 1 heterocycles. The van der Waals surface area contributed by atoms with Gasteiger partial charge in [-0.3, -0.25) is 10.1 Å². The van der Waals surface area contributed by atoms with Crippen LogP contribution < -0.4 is 0 Å². The maximum absolute atomic E-state index is 10.7. The maximum Gasteiger partial charge on any atom is 0.269 e. The van der Waals surface area contributed by atoms with Crippen molar-refractivity contribution < 1.29 is 4.92 Å². The zero-order valence-corrected chi connectivity index (χ0v) is 12.1. The molecule has 0 aliphatic carbocycles. The summed E-state index contributed by atoms with van der Waals surface area (Å²) in [6.07, 6.45) is 3.52. The van der Waals surface area contributed by atoms with Gasteiger partial charge in [0.25, 0.3) is 5.69 Å². The third kappa shape index (κ3) is 4.58. The summed E-state index contributed by atoms with van der Waals surface area (Å²) in [5.74, 6) is 0. The molecule has 1 fully saturated rings. The number of nitro groups is 1. The minimum absolute atomic E-state index is 0.183. The van der Waals surface area contributed by atoms with Gasteiger partial charge in [0.1, 0.15) is 0 Å². The van der Waals surface area contributed by atoms with Gasteiger partial charge in [0.15, 0.2) is 0 Å². The van der Waals surface area contributed by atoms with Crippen molar-refractivity contribution in [3.8, 4) is 0 Å². The Hall–Kier alpha value is -1.46. The van der Waals surface area contributed by atoms with Gasteiger partial charge in [-0.15, -0.1) is 0 Å². The van der Waals surface area contributed by atoms with Gasteiger partial charge >= 0.3 is 0 Å². The molecule has 2 rings (SSSR count). The summed E-state index contributed by atoms with van der Waals surface area (Å²) in [7, 11) is 2.12. The molecule has 0 saturated carbocycles. The Morgan fingerprint density at radius 2 is 2.05 bits per heavy atom. The van der Waals surface area contributed by atoms with E-state index in [2.05, 4.69) is 16.8 Å². The van der Waals surface area contributed by atoms with Gasteiger partial charge in [-0.25, -0.2) is 0 Å². The van der Waals surface area contributed by atoms with E-state index in [-0.39, 0.29) is 10.6 Å². The first-order valence-corrected chi connectivity index (χ1v) is 7.29. The van der Waals surface area contributed by atoms with Gasteiger partial charge in [-0.2, -0.15) is 0 Å². The van der Waals surface area contributed by atoms with Gasteiger partial charge in [-0.05, 0) is 45.0 Å². The molecule has 0 aromatic heterocycles. The number of non-ortho nitro benzene ring substituents is 1. The summed E-state index contributed by atoms with van der Waals surface area (Å²) < 4.78 is 0. The van der Waals surface area contributed by atoms with Crippen molar-refractivity contribution in [2.24, 2.45) is 0 Å². The van der Waals surface area contributed by atoms with Crippen LogP contribution in [0.15, 0.2) is 24.3 Å². The van der Waals surface area contributed by atoms with Crippen molar-refractivity contribution in [2.45, 2.75) is 19.3 Å². The number of hydrogen-bond donors (Lipinski definition) is 0. The Labute approximate surface area is 120 Å². The van der Waals surface area contributed by atoms with Crippen LogP contribution in [0.4, 0.5) is 5.69 Å². The number of benzene rings is 1. The number of likely N-dealkylation sites (N-methyl/N-ethyl adjacent to an activating group) is 1. The zero-order valence-electron chi connectivity index (χ0n) is 12.1. The second-order valence-electron chi connectivity index (χ2n) is 5.53. The summed E-state index contributed by atoms with van der Waals surface area (Å²) in [5, 5.41) is 10.7. The molecule has 0 spiro atoms. The third-order valence-corrected chi connectivity index (χ3v) is 3.90. The van der Waals surface area contributed by atoms with Crippen molar-refractivity contribution in [3.05, 3.63) is 39.9 Å². The van der Waals surface area contributed by atoms with E-state index in [0.717, 1.165) is 31.6 Å². The molecule has 5 nitrogen and oxygen atoms in total. The fourth-order valence-electron chi connectivity index (χ4n) is 2.58. The molecule has 0 atom stereocenters. The molecule has 5 heteroatoms. The lowest BCUT2D eigenvalue weighted by atomic mass is 10.1. The largest absolute Gasteiger partial charge is 0.305 e. The molecular formula is C15H23N3O2. The summed E-state index contributed by atoms with van der Waals surface area (Å²) in [6.45, 7) is 5.60. The quantitative estimate of drug-likeness (QED) is 0.566. The van der Waals surface area contributed by atoms with Gasteiger partial charge in [0, 0.05) is 31.8 Å². The van der Waals surface area contributed by atoms with E-state index in [4.69, 9.17) is 0 Å². The molecule has 110 valence electrons. The van der Waals surface area contributed by atoms with Crippen LogP contribution in [0.1, 0.15) is 18.4 Å². The summed E-state index contributed by atoms with van der Waals surface area (Å²) in [5.41, 5.74) is 1.22. The predicted octanol–water partition coefficient (Wildman–Crippen LogP) is 2.16. The first-order chi connectivity index (χ1) is 9.65. The lowest BCUT2D eigenvalue weighted by Gasteiger charge is -2.21. The van der Waals surface area contributed by atoms with Crippen molar-refractivity contribution in [2.75, 3.05) is 39.8 Å². The molecule has 1 aliphatic rings. The second kappa shape index (κ2) is 7.36. The number of hydrogen-bond acceptors (Lipinski definition) is 4. The van der Waals surface area contributed by atoms with Gasteiger partial charge in [0.2, 0.25) is 0 Å². The van der Waals surface area contributed by atoms with Crippen LogP contribution in [0, 0.1) is 10.1 Å². The van der Waals surface area contributed by atoms with Gasteiger partial charge < -0.3 is 9.80 Å². The maximum atomic E-state index is 10.7. The molecule has 0 bridgehead atoms. The van der Waals surface area contributed by atoms with Gasteiger partial charge in [0.05, 0.1) is 4.92 Å². The van der Waals surface area contributed by atoms with Crippen LogP contribution in [0.3, 0.4) is 0 Å². The standard InChI is InChI=1S/C15H23N3O2/c1-16(11-12-17-8-2-3-9-17)10-7-14-5-4-6-15(13-14)18(19)20/h4-6,13H,2-3,7-12H2,1H3. The van der Waals surface area contributed by atoms with Crippen LogP contribution in [0.2, 0.25) is 0 Å². The zero-order chi connectivity index (χ0) is 14.4. The molecule has 1 aromatic carbocycles. The highest BCUT2D eigenvalue weighted by atomic mass is 16.6. The van der Waals surface area contributed by atoms with Crippen LogP contribution in [-0.2, 0) is 6.42 Å². The van der Waals surface area contributed by atoms with Crippen molar-refractivity contribution in [1.29, 1.82) is 0 Å². The average molecular weight is 277 g/mol. The fourth-order valence-corrected chi connectivity index (χ4v) is 2.58. The van der Waals surface area contributed by atoms with Crippen LogP contribution in [0.25, 0.3) is 0 Å². The van der Waals surface area contributed by atoms with E-state index in [0.29, 0.717) is 0 Å². The lowest BCUT2D eigenvalue weighted by Crippen LogP contribution is -2.32. The van der Waals surface area contributed by atoms with Crippen LogP contribution in [0.5, 0.6) is 0 Å². The summed E-state index contributed by atoms with van der Waals surface area (Å²) >= 11 is 0. The molecule has 0 radical (unpaired) electrons. The smallest absolute Gasteiger partial charge is 0.269 e. The predicted molar refractivity (Wildman–Crippen MR) is 80.0 cm³/mol. The fraction of sp³-hybridized carbons (Fsp3) is 0.600. The van der Waals surface area contributed by atoms with E-state index in [1.165, 1.54) is 25.9 Å². The first-order valence-electron chi connectivity index (χ1n) is 7.29. The summed E-state index contributed by atoms with van der Waals surface area (Å²) in [6, 6.07) is 6.94. The Kier molecular flexibility index (Phi) is 5.49. The lowest BCUT2D eigenvalue weighted by molar-refractivity contribution is -0.384. The molecule has 0 N–H and O–H groups in total. The molecule has 1 saturated heterocycles. The highest BCUT2D eigenvalue weighted by Gasteiger charge is 2.12. The Balaban J connectivity index is 1.73. The molecular weight excluding hydrogens is 254 g/mol. The minimum atomic E-state index is -0.333. The topological polar surface area (TPSA) is 49.6 Å². The van der Waals surface area contributed by atoms with Crippen molar-refractivity contribution >= 4 is 5.69 Å². The number of nitrogens with zero attached hydrogens (tertiary/aromatic N) is 3. The summed E-state index contributed by atoms with van der Waals surface area (Å²) in [4.78, 5) is 15.2. The third-order valence-electron chi connectivity index (χ3n) is 3.90. The van der Waals surface area contributed by atoms with Crippen LogP contribution >= 0.6 is 0 Å². The number of nitro benzene ring substituents is 1. The number of likely N-dealkylation sites (tertiary alicyclic amines) is 1. The van der Waals surface area contributed by atoms with E-state index in [1.54, 1.807) is 18.2 Å². The van der Waals surface area contributed by atoms with E-state index in [1.807, 2.05) is 6.07 Å².